The fourth-order valence-electron chi connectivity index (χ4n) is 5.68. The minimum atomic E-state index is -1.42. The first-order valence-corrected chi connectivity index (χ1v) is 16.6. The van der Waals surface area contributed by atoms with E-state index in [1.165, 1.54) is 20.8 Å². The standard InChI is InChI=1S/C37H43NO14/c1-20(39)46-19-29-32(48-21(2)40)33(49-22(3)41)34(50-23(4)42)35(52-29)51-28-9-7-8-27-31(28)26(18-47-27)16-14-24-10-12-25(13-11-24)15-17-30(43)38-37(5,6)36(44)45/h7-13,18,29,32-35H,14-17,19H2,1-6H3,(H,38,43)(H,44,45)/t29-,32-,33+,34-,35-/m1/s1. The Bertz CT molecular complexity index is 1780. The molecule has 3 aromatic rings. The predicted molar refractivity (Wildman–Crippen MR) is 181 cm³/mol. The van der Waals surface area contributed by atoms with E-state index in [0.29, 0.717) is 36.0 Å². The third-order valence-electron chi connectivity index (χ3n) is 8.16. The summed E-state index contributed by atoms with van der Waals surface area (Å²) in [4.78, 5) is 71.8. The van der Waals surface area contributed by atoms with E-state index in [-0.39, 0.29) is 12.3 Å². The van der Waals surface area contributed by atoms with E-state index in [4.69, 9.17) is 32.8 Å². The van der Waals surface area contributed by atoms with Gasteiger partial charge < -0.3 is 43.3 Å². The van der Waals surface area contributed by atoms with Crippen LogP contribution in [0.1, 0.15) is 64.7 Å². The van der Waals surface area contributed by atoms with Crippen LogP contribution in [0.4, 0.5) is 0 Å². The Balaban J connectivity index is 1.54. The molecule has 0 bridgehead atoms. The topological polar surface area (TPSA) is 203 Å². The van der Waals surface area contributed by atoms with Gasteiger partial charge in [-0.05, 0) is 56.4 Å². The molecule has 15 heteroatoms. The van der Waals surface area contributed by atoms with Gasteiger partial charge in [-0.25, -0.2) is 4.79 Å². The van der Waals surface area contributed by atoms with Crippen molar-refractivity contribution in [2.75, 3.05) is 6.61 Å². The van der Waals surface area contributed by atoms with Crippen LogP contribution in [0, 0.1) is 0 Å². The molecule has 1 aliphatic heterocycles. The number of aryl methyl sites for hydroxylation is 3. The summed E-state index contributed by atoms with van der Waals surface area (Å²) >= 11 is 0. The van der Waals surface area contributed by atoms with E-state index >= 15 is 0 Å². The number of benzene rings is 2. The van der Waals surface area contributed by atoms with Crippen LogP contribution in [-0.4, -0.2) is 83.7 Å². The van der Waals surface area contributed by atoms with E-state index in [2.05, 4.69) is 5.32 Å². The van der Waals surface area contributed by atoms with Crippen LogP contribution in [0.5, 0.6) is 5.75 Å². The van der Waals surface area contributed by atoms with Crippen LogP contribution < -0.4 is 10.1 Å². The van der Waals surface area contributed by atoms with Gasteiger partial charge in [0, 0.05) is 39.7 Å². The summed E-state index contributed by atoms with van der Waals surface area (Å²) in [6.45, 7) is 7.07. The fourth-order valence-corrected chi connectivity index (χ4v) is 5.68. The lowest BCUT2D eigenvalue weighted by molar-refractivity contribution is -0.288. The van der Waals surface area contributed by atoms with Gasteiger partial charge in [-0.2, -0.15) is 0 Å². The highest BCUT2D eigenvalue weighted by Crippen LogP contribution is 2.36. The molecule has 2 N–H and O–H groups in total. The van der Waals surface area contributed by atoms with E-state index in [9.17, 15) is 33.9 Å². The molecule has 1 saturated heterocycles. The van der Waals surface area contributed by atoms with Crippen LogP contribution in [-0.2, 0) is 71.7 Å². The average Bonchev–Trinajstić information content (AvgIpc) is 3.48. The number of carbonyl (C=O) groups is 6. The van der Waals surface area contributed by atoms with Gasteiger partial charge in [0.2, 0.25) is 18.3 Å². The molecule has 0 aliphatic carbocycles. The second-order valence-corrected chi connectivity index (χ2v) is 12.9. The lowest BCUT2D eigenvalue weighted by Crippen LogP contribution is -2.63. The Hall–Kier alpha value is -5.44. The quantitative estimate of drug-likeness (QED) is 0.170. The third kappa shape index (κ3) is 10.5. The molecule has 4 rings (SSSR count). The summed E-state index contributed by atoms with van der Waals surface area (Å²) < 4.78 is 40.0. The highest BCUT2D eigenvalue weighted by molar-refractivity contribution is 5.88. The maximum absolute atomic E-state index is 12.3. The number of hydrogen-bond acceptors (Lipinski definition) is 13. The smallest absolute Gasteiger partial charge is 0.328 e. The van der Waals surface area contributed by atoms with Crippen LogP contribution in [0.15, 0.2) is 53.1 Å². The van der Waals surface area contributed by atoms with E-state index < -0.39 is 72.7 Å². The molecular formula is C37H43NO14. The van der Waals surface area contributed by atoms with Crippen molar-refractivity contribution in [3.8, 4) is 5.75 Å². The van der Waals surface area contributed by atoms with Gasteiger partial charge in [-0.15, -0.1) is 0 Å². The second-order valence-electron chi connectivity index (χ2n) is 12.9. The summed E-state index contributed by atoms with van der Waals surface area (Å²) in [5.41, 5.74) is 1.86. The predicted octanol–water partition coefficient (Wildman–Crippen LogP) is 3.59. The first-order chi connectivity index (χ1) is 24.5. The van der Waals surface area contributed by atoms with Gasteiger partial charge in [-0.1, -0.05) is 30.3 Å². The lowest BCUT2D eigenvalue weighted by atomic mass is 9.98. The highest BCUT2D eigenvalue weighted by Gasteiger charge is 2.53. The van der Waals surface area contributed by atoms with E-state index in [0.717, 1.165) is 37.5 Å². The first-order valence-electron chi connectivity index (χ1n) is 16.6. The van der Waals surface area contributed by atoms with Crippen molar-refractivity contribution in [2.24, 2.45) is 0 Å². The van der Waals surface area contributed by atoms with Gasteiger partial charge in [0.15, 0.2) is 12.2 Å². The Morgan fingerprint density at radius 3 is 1.96 bits per heavy atom. The van der Waals surface area contributed by atoms with Crippen molar-refractivity contribution in [3.05, 3.63) is 65.4 Å². The van der Waals surface area contributed by atoms with Crippen LogP contribution in [0.25, 0.3) is 11.0 Å². The number of esters is 4. The van der Waals surface area contributed by atoms with Gasteiger partial charge in [0.05, 0.1) is 11.6 Å². The molecule has 52 heavy (non-hydrogen) atoms. The van der Waals surface area contributed by atoms with Gasteiger partial charge >= 0.3 is 29.8 Å². The summed E-state index contributed by atoms with van der Waals surface area (Å²) in [6, 6.07) is 12.8. The molecule has 0 radical (unpaired) electrons. The summed E-state index contributed by atoms with van der Waals surface area (Å²) in [5.74, 6) is -4.07. The molecule has 1 amide bonds. The van der Waals surface area contributed by atoms with E-state index in [1.807, 2.05) is 24.3 Å². The molecule has 15 nitrogen and oxygen atoms in total. The van der Waals surface area contributed by atoms with Crippen LogP contribution in [0.3, 0.4) is 0 Å². The van der Waals surface area contributed by atoms with Gasteiger partial charge in [-0.3, -0.25) is 24.0 Å². The molecule has 0 unspecified atom stereocenters. The van der Waals surface area contributed by atoms with E-state index in [1.54, 1.807) is 24.5 Å². The number of ether oxygens (including phenoxy) is 6. The zero-order valence-corrected chi connectivity index (χ0v) is 29.8. The summed E-state index contributed by atoms with van der Waals surface area (Å²) in [6.07, 6.45) is -3.39. The molecule has 0 saturated carbocycles. The number of carboxylic acid groups (broad SMARTS) is 1. The third-order valence-corrected chi connectivity index (χ3v) is 8.16. The van der Waals surface area contributed by atoms with Crippen molar-refractivity contribution in [2.45, 2.75) is 103 Å². The molecular weight excluding hydrogens is 682 g/mol. The lowest BCUT2D eigenvalue weighted by Gasteiger charge is -2.44. The van der Waals surface area contributed by atoms with Gasteiger partial charge in [0.1, 0.15) is 29.6 Å². The number of nitrogens with one attached hydrogen (secondary N) is 1. The van der Waals surface area contributed by atoms with Crippen molar-refractivity contribution < 1.29 is 66.7 Å². The minimum Gasteiger partial charge on any atom is -0.480 e. The maximum atomic E-state index is 12.3. The normalized spacial score (nSPS) is 20.0. The van der Waals surface area contributed by atoms with Crippen molar-refractivity contribution in [1.29, 1.82) is 0 Å². The summed E-state index contributed by atoms with van der Waals surface area (Å²) in [5, 5.41) is 12.4. The highest BCUT2D eigenvalue weighted by atomic mass is 16.7. The van der Waals surface area contributed by atoms with Gasteiger partial charge in [0.25, 0.3) is 0 Å². The Morgan fingerprint density at radius 1 is 0.769 bits per heavy atom. The van der Waals surface area contributed by atoms with Crippen LogP contribution in [0.2, 0.25) is 0 Å². The number of carbonyl (C=O) groups excluding carboxylic acids is 5. The number of aliphatic carboxylic acids is 1. The molecule has 1 aromatic heterocycles. The van der Waals surface area contributed by atoms with Crippen molar-refractivity contribution in [3.63, 3.8) is 0 Å². The Labute approximate surface area is 299 Å². The summed E-state index contributed by atoms with van der Waals surface area (Å²) in [7, 11) is 0. The second kappa shape index (κ2) is 17.2. The Morgan fingerprint density at radius 2 is 1.37 bits per heavy atom. The number of amides is 1. The van der Waals surface area contributed by atoms with Crippen LogP contribution >= 0.6 is 0 Å². The monoisotopic (exact) mass is 725 g/mol. The molecule has 2 aromatic carbocycles. The van der Waals surface area contributed by atoms with Crippen molar-refractivity contribution >= 4 is 46.7 Å². The first kappa shape index (κ1) is 39.3. The number of fused-ring (bicyclic) bond motifs is 1. The fraction of sp³-hybridized carbons (Fsp3) is 0.459. The Kier molecular flexibility index (Phi) is 13.0. The van der Waals surface area contributed by atoms with Crippen molar-refractivity contribution in [1.82, 2.24) is 5.32 Å². The number of carboxylic acids is 1. The zero-order chi connectivity index (χ0) is 38.2. The molecule has 280 valence electrons. The molecule has 0 spiro atoms. The number of rotatable bonds is 15. The molecule has 2 heterocycles. The minimum absolute atomic E-state index is 0.138. The molecule has 1 aliphatic rings. The zero-order valence-electron chi connectivity index (χ0n) is 29.8. The largest absolute Gasteiger partial charge is 0.480 e. The number of hydrogen-bond donors (Lipinski definition) is 2. The SMILES string of the molecule is CC(=O)OC[C@H]1O[C@@H](Oc2cccc3occ(CCc4ccc(CCC(=O)NC(C)(C)C(=O)O)cc4)c23)[C@H](OC(C)=O)[C@@H](OC(C)=O)[C@@H]1OC(C)=O. The number of furan rings is 1. The molecule has 1 fully saturated rings. The molecule has 5 atom stereocenters. The average molecular weight is 726 g/mol. The maximum Gasteiger partial charge on any atom is 0.328 e.